The van der Waals surface area contributed by atoms with Crippen molar-refractivity contribution >= 4 is 40.3 Å². The maximum absolute atomic E-state index is 12.9. The van der Waals surface area contributed by atoms with Crippen LogP contribution in [-0.2, 0) is 4.79 Å². The molecule has 0 aliphatic carbocycles. The predicted octanol–water partition coefficient (Wildman–Crippen LogP) is 2.47. The standard InChI is InChI=1S/C20H18N4OS2/c1-3-12-27-20-22-19(25)17-15-6-4-5-7-16(15)21-18(24(17)23-20)13-8-10-14(26-2)11-9-13/h3-11,18H,1,12H2,2H3,(H,22,23,25)/t18-/m1/s1. The van der Waals surface area contributed by atoms with E-state index in [1.165, 1.54) is 16.7 Å². The molecular formula is C20H18N4OS2. The number of hydrogen-bond donors (Lipinski definition) is 1. The van der Waals surface area contributed by atoms with E-state index in [0.29, 0.717) is 16.6 Å². The summed E-state index contributed by atoms with van der Waals surface area (Å²) < 4.78 is 0. The molecule has 0 unspecified atom stereocenters. The van der Waals surface area contributed by atoms with Gasteiger partial charge in [-0.1, -0.05) is 48.2 Å². The lowest BCUT2D eigenvalue weighted by Crippen LogP contribution is -2.50. The van der Waals surface area contributed by atoms with Gasteiger partial charge in [0.25, 0.3) is 5.91 Å². The lowest BCUT2D eigenvalue weighted by Gasteiger charge is -2.34. The first-order valence-electron chi connectivity index (χ1n) is 8.45. The summed E-state index contributed by atoms with van der Waals surface area (Å²) in [6.07, 6.45) is 3.45. The van der Waals surface area contributed by atoms with Gasteiger partial charge in [-0.2, -0.15) is 0 Å². The molecule has 2 aliphatic rings. The van der Waals surface area contributed by atoms with Crippen LogP contribution < -0.4 is 15.9 Å². The minimum Gasteiger partial charge on any atom is -0.298 e. The van der Waals surface area contributed by atoms with Gasteiger partial charge in [0, 0.05) is 15.9 Å². The van der Waals surface area contributed by atoms with Crippen molar-refractivity contribution in [3.63, 3.8) is 0 Å². The molecule has 0 bridgehead atoms. The van der Waals surface area contributed by atoms with Crippen molar-refractivity contribution in [2.45, 2.75) is 11.1 Å². The van der Waals surface area contributed by atoms with Gasteiger partial charge < -0.3 is 0 Å². The third-order valence-corrected chi connectivity index (χ3v) is 5.87. The minimum atomic E-state index is -0.379. The second-order valence-corrected chi connectivity index (χ2v) is 7.83. The molecule has 1 amide bonds. The summed E-state index contributed by atoms with van der Waals surface area (Å²) in [6.45, 7) is 3.73. The van der Waals surface area contributed by atoms with Gasteiger partial charge in [-0.25, -0.2) is 5.01 Å². The number of hydrazone groups is 1. The highest BCUT2D eigenvalue weighted by Gasteiger charge is 2.34. The topological polar surface area (TPSA) is 57.1 Å². The zero-order valence-corrected chi connectivity index (χ0v) is 16.4. The van der Waals surface area contributed by atoms with Crippen LogP contribution in [0.5, 0.6) is 0 Å². The van der Waals surface area contributed by atoms with E-state index in [2.05, 4.69) is 29.1 Å². The van der Waals surface area contributed by atoms with E-state index in [4.69, 9.17) is 4.99 Å². The van der Waals surface area contributed by atoms with E-state index in [-0.39, 0.29) is 12.1 Å². The highest BCUT2D eigenvalue weighted by atomic mass is 32.2. The summed E-state index contributed by atoms with van der Waals surface area (Å²) in [5.74, 6) is 0.507. The van der Waals surface area contributed by atoms with Gasteiger partial charge in [-0.15, -0.1) is 23.4 Å². The highest BCUT2D eigenvalue weighted by molar-refractivity contribution is 8.14. The fraction of sp³-hybridized carbons (Fsp3) is 0.150. The van der Waals surface area contributed by atoms with E-state index in [0.717, 1.165) is 16.1 Å². The lowest BCUT2D eigenvalue weighted by atomic mass is 10.1. The Morgan fingerprint density at radius 3 is 2.74 bits per heavy atom. The van der Waals surface area contributed by atoms with Gasteiger partial charge in [-0.05, 0) is 30.0 Å². The Morgan fingerprint density at radius 1 is 1.22 bits per heavy atom. The first-order chi connectivity index (χ1) is 13.2. The molecule has 1 N–H and O–H groups in total. The molecule has 4 rings (SSSR count). The van der Waals surface area contributed by atoms with Gasteiger partial charge in [-0.3, -0.25) is 15.1 Å². The van der Waals surface area contributed by atoms with Crippen molar-refractivity contribution in [1.82, 2.24) is 10.3 Å². The number of carbonyl (C=O) groups excluding carboxylic acids is 1. The van der Waals surface area contributed by atoms with Crippen molar-refractivity contribution in [3.8, 4) is 0 Å². The number of thioether (sulfide) groups is 2. The molecule has 0 fully saturated rings. The third kappa shape index (κ3) is 3.40. The molecule has 7 heteroatoms. The number of nitrogens with one attached hydrogen (secondary N) is 1. The minimum absolute atomic E-state index is 0.162. The van der Waals surface area contributed by atoms with Crippen molar-refractivity contribution in [1.29, 1.82) is 0 Å². The van der Waals surface area contributed by atoms with Crippen molar-refractivity contribution < 1.29 is 4.79 Å². The number of amidine groups is 1. The first-order valence-corrected chi connectivity index (χ1v) is 10.7. The molecule has 0 spiro atoms. The van der Waals surface area contributed by atoms with Crippen LogP contribution >= 0.6 is 23.5 Å². The quantitative estimate of drug-likeness (QED) is 0.639. The molecule has 1 atom stereocenters. The molecule has 0 aromatic heterocycles. The molecule has 27 heavy (non-hydrogen) atoms. The molecule has 2 aromatic rings. The molecule has 136 valence electrons. The number of amides is 1. The van der Waals surface area contributed by atoms with Crippen LogP contribution in [0.3, 0.4) is 0 Å². The monoisotopic (exact) mass is 394 g/mol. The van der Waals surface area contributed by atoms with Crippen LogP contribution in [0.2, 0.25) is 0 Å². The molecule has 0 radical (unpaired) electrons. The van der Waals surface area contributed by atoms with Gasteiger partial charge in [0.1, 0.15) is 5.70 Å². The van der Waals surface area contributed by atoms with E-state index < -0.39 is 0 Å². The predicted molar refractivity (Wildman–Crippen MR) is 112 cm³/mol. The highest BCUT2D eigenvalue weighted by Crippen LogP contribution is 2.31. The molecule has 0 saturated heterocycles. The van der Waals surface area contributed by atoms with E-state index in [1.807, 2.05) is 42.7 Å². The molecule has 2 aromatic carbocycles. The zero-order valence-electron chi connectivity index (χ0n) is 14.8. The van der Waals surface area contributed by atoms with Crippen molar-refractivity contribution in [2.24, 2.45) is 10.1 Å². The molecule has 0 saturated carbocycles. The SMILES string of the molecule is C=CCSC1=NN2C(=c3ccccc3=N[C@H]2c2ccc(SC)cc2)C(=O)N1. The fourth-order valence-corrected chi connectivity index (χ4v) is 4.02. The van der Waals surface area contributed by atoms with Gasteiger partial charge >= 0.3 is 0 Å². The maximum atomic E-state index is 12.9. The maximum Gasteiger partial charge on any atom is 0.276 e. The lowest BCUT2D eigenvalue weighted by molar-refractivity contribution is -0.116. The van der Waals surface area contributed by atoms with E-state index in [1.54, 1.807) is 22.8 Å². The van der Waals surface area contributed by atoms with Crippen LogP contribution in [0.15, 0.2) is 76.2 Å². The van der Waals surface area contributed by atoms with Crippen LogP contribution in [0.1, 0.15) is 11.7 Å². The first kappa shape index (κ1) is 17.9. The number of hydrogen-bond acceptors (Lipinski definition) is 6. The number of para-hydroxylation sites is 1. The summed E-state index contributed by atoms with van der Waals surface area (Å²) in [5, 5.41) is 11.5. The summed E-state index contributed by atoms with van der Waals surface area (Å²) in [4.78, 5) is 19.0. The van der Waals surface area contributed by atoms with Crippen molar-refractivity contribution in [2.75, 3.05) is 12.0 Å². The van der Waals surface area contributed by atoms with Crippen molar-refractivity contribution in [3.05, 3.63) is 77.3 Å². The van der Waals surface area contributed by atoms with E-state index >= 15 is 0 Å². The number of fused-ring (bicyclic) bond motifs is 2. The van der Waals surface area contributed by atoms with Crippen LogP contribution in [0, 0.1) is 0 Å². The zero-order chi connectivity index (χ0) is 18.8. The van der Waals surface area contributed by atoms with Gasteiger partial charge in [0.05, 0.1) is 5.36 Å². The Kier molecular flexibility index (Phi) is 5.05. The third-order valence-electron chi connectivity index (χ3n) is 4.27. The average molecular weight is 395 g/mol. The molecule has 2 heterocycles. The summed E-state index contributed by atoms with van der Waals surface area (Å²) >= 11 is 3.13. The Morgan fingerprint density at radius 2 is 2.00 bits per heavy atom. The Labute approximate surface area is 165 Å². The van der Waals surface area contributed by atoms with Crippen LogP contribution in [0.25, 0.3) is 5.70 Å². The molecule has 2 aliphatic heterocycles. The summed E-state index contributed by atoms with van der Waals surface area (Å²) in [5.41, 5.74) is 1.52. The second kappa shape index (κ2) is 7.62. The van der Waals surface area contributed by atoms with Gasteiger partial charge in [0.15, 0.2) is 11.3 Å². The van der Waals surface area contributed by atoms with E-state index in [9.17, 15) is 4.79 Å². The number of rotatable bonds is 4. The van der Waals surface area contributed by atoms with Crippen LogP contribution in [0.4, 0.5) is 0 Å². The average Bonchev–Trinajstić information content (AvgIpc) is 2.71. The number of carbonyl (C=O) groups is 1. The number of benzene rings is 2. The van der Waals surface area contributed by atoms with Gasteiger partial charge in [0.2, 0.25) is 0 Å². The molecular weight excluding hydrogens is 376 g/mol. The largest absolute Gasteiger partial charge is 0.298 e. The summed E-state index contributed by atoms with van der Waals surface area (Å²) in [7, 11) is 0. The summed E-state index contributed by atoms with van der Waals surface area (Å²) in [6, 6.07) is 15.9. The second-order valence-electron chi connectivity index (χ2n) is 5.95. The Bertz CT molecular complexity index is 1050. The fourth-order valence-electron chi connectivity index (χ4n) is 3.02. The molecule has 5 nitrogen and oxygen atoms in total. The smallest absolute Gasteiger partial charge is 0.276 e. The van der Waals surface area contributed by atoms with Crippen LogP contribution in [-0.4, -0.2) is 28.1 Å². The Balaban J connectivity index is 1.87. The normalized spacial score (nSPS) is 18.0. The number of nitrogens with zero attached hydrogens (tertiary/aromatic N) is 3. The Hall–Kier alpha value is -2.51.